The lowest BCUT2D eigenvalue weighted by atomic mass is 10.0. The minimum absolute atomic E-state index is 0.128. The zero-order valence-electron chi connectivity index (χ0n) is 9.98. The molecule has 2 heterocycles. The molecule has 0 bridgehead atoms. The molecule has 1 aliphatic rings. The van der Waals surface area contributed by atoms with Crippen LogP contribution in [0.2, 0.25) is 0 Å². The molecule has 0 radical (unpaired) electrons. The third-order valence-electron chi connectivity index (χ3n) is 2.96. The average molecular weight is 273 g/mol. The molecule has 94 valence electrons. The molecule has 17 heavy (non-hydrogen) atoms. The zero-order chi connectivity index (χ0) is 12.8. The second kappa shape index (κ2) is 4.10. The van der Waals surface area contributed by atoms with Crippen LogP contribution < -0.4 is 5.32 Å². The number of nitrogens with one attached hydrogen (secondary N) is 1. The highest BCUT2D eigenvalue weighted by atomic mass is 32.2. The van der Waals surface area contributed by atoms with Crippen molar-refractivity contribution in [1.29, 1.82) is 0 Å². The van der Waals surface area contributed by atoms with Gasteiger partial charge in [-0.25, -0.2) is 8.42 Å². The molecule has 2 rings (SSSR count). The molecule has 1 amide bonds. The average Bonchev–Trinajstić information content (AvgIpc) is 2.57. The molecule has 2 unspecified atom stereocenters. The van der Waals surface area contributed by atoms with Gasteiger partial charge in [0.05, 0.1) is 11.3 Å². The molecule has 0 aromatic carbocycles. The van der Waals surface area contributed by atoms with Gasteiger partial charge in [0.15, 0.2) is 9.84 Å². The number of sulfone groups is 1. The van der Waals surface area contributed by atoms with Gasteiger partial charge in [0, 0.05) is 17.4 Å². The summed E-state index contributed by atoms with van der Waals surface area (Å²) in [6.45, 7) is 5.03. The van der Waals surface area contributed by atoms with Crippen LogP contribution in [0, 0.1) is 6.92 Å². The molecule has 0 saturated carbocycles. The SMILES string of the molecule is CC(=O)NC1CC(C)S(=O)(=O)c2sc(C)cc21. The van der Waals surface area contributed by atoms with Gasteiger partial charge in [0.25, 0.3) is 0 Å². The van der Waals surface area contributed by atoms with Crippen molar-refractivity contribution in [3.05, 3.63) is 16.5 Å². The number of fused-ring (bicyclic) bond motifs is 1. The van der Waals surface area contributed by atoms with E-state index >= 15 is 0 Å². The van der Waals surface area contributed by atoms with Crippen molar-refractivity contribution in [3.63, 3.8) is 0 Å². The number of hydrogen-bond acceptors (Lipinski definition) is 4. The van der Waals surface area contributed by atoms with Gasteiger partial charge in [0.2, 0.25) is 5.91 Å². The maximum atomic E-state index is 12.1. The summed E-state index contributed by atoms with van der Waals surface area (Å²) >= 11 is 1.29. The summed E-state index contributed by atoms with van der Waals surface area (Å²) < 4.78 is 24.7. The van der Waals surface area contributed by atoms with E-state index in [4.69, 9.17) is 0 Å². The van der Waals surface area contributed by atoms with E-state index < -0.39 is 15.1 Å². The first kappa shape index (κ1) is 12.6. The molecule has 0 saturated heterocycles. The molecular formula is C11H15NO3S2. The molecule has 2 atom stereocenters. The normalized spacial score (nSPS) is 26.3. The first-order valence-corrected chi connectivity index (χ1v) is 7.80. The highest BCUT2D eigenvalue weighted by Crippen LogP contribution is 2.41. The number of carbonyl (C=O) groups excluding carboxylic acids is 1. The Morgan fingerprint density at radius 3 is 2.76 bits per heavy atom. The van der Waals surface area contributed by atoms with Gasteiger partial charge >= 0.3 is 0 Å². The fourth-order valence-corrected chi connectivity index (χ4v) is 5.62. The monoisotopic (exact) mass is 273 g/mol. The lowest BCUT2D eigenvalue weighted by Gasteiger charge is -2.27. The third kappa shape index (κ3) is 2.11. The van der Waals surface area contributed by atoms with Gasteiger partial charge in [-0.15, -0.1) is 11.3 Å². The molecule has 1 aromatic rings. The van der Waals surface area contributed by atoms with Gasteiger partial charge in [-0.2, -0.15) is 0 Å². The van der Waals surface area contributed by atoms with E-state index in [1.54, 1.807) is 6.92 Å². The van der Waals surface area contributed by atoms with Crippen LogP contribution in [-0.2, 0) is 14.6 Å². The lowest BCUT2D eigenvalue weighted by Crippen LogP contribution is -2.35. The lowest BCUT2D eigenvalue weighted by molar-refractivity contribution is -0.119. The first-order valence-electron chi connectivity index (χ1n) is 5.43. The van der Waals surface area contributed by atoms with E-state index in [9.17, 15) is 13.2 Å². The fourth-order valence-electron chi connectivity index (χ4n) is 2.13. The molecule has 0 aliphatic carbocycles. The quantitative estimate of drug-likeness (QED) is 0.848. The van der Waals surface area contributed by atoms with Gasteiger partial charge in [-0.05, 0) is 26.3 Å². The van der Waals surface area contributed by atoms with Crippen LogP contribution in [0.15, 0.2) is 10.3 Å². The van der Waals surface area contributed by atoms with Crippen molar-refractivity contribution < 1.29 is 13.2 Å². The Hall–Kier alpha value is -0.880. The van der Waals surface area contributed by atoms with Crippen LogP contribution >= 0.6 is 11.3 Å². The van der Waals surface area contributed by atoms with E-state index in [0.717, 1.165) is 10.4 Å². The number of rotatable bonds is 1. The van der Waals surface area contributed by atoms with Crippen molar-refractivity contribution in [2.24, 2.45) is 0 Å². The van der Waals surface area contributed by atoms with Crippen molar-refractivity contribution in [1.82, 2.24) is 5.32 Å². The summed E-state index contributed by atoms with van der Waals surface area (Å²) in [6, 6.07) is 1.69. The van der Waals surface area contributed by atoms with E-state index in [2.05, 4.69) is 5.32 Å². The second-order valence-corrected chi connectivity index (χ2v) is 8.26. The van der Waals surface area contributed by atoms with E-state index in [1.807, 2.05) is 13.0 Å². The second-order valence-electron chi connectivity index (χ2n) is 4.44. The standard InChI is InChI=1S/C11H15NO3S2/c1-6-4-9-10(12-8(3)13)5-7(2)17(14,15)11(9)16-6/h4,7,10H,5H2,1-3H3,(H,12,13). The fraction of sp³-hybridized carbons (Fsp3) is 0.545. The Bertz CT molecular complexity index is 559. The Morgan fingerprint density at radius 2 is 2.18 bits per heavy atom. The summed E-state index contributed by atoms with van der Waals surface area (Å²) in [5.41, 5.74) is 0.751. The van der Waals surface area contributed by atoms with Crippen LogP contribution in [0.1, 0.15) is 36.8 Å². The maximum Gasteiger partial charge on any atom is 0.217 e. The number of thiophene rings is 1. The molecule has 1 aliphatic heterocycles. The number of aryl methyl sites for hydroxylation is 1. The predicted octanol–water partition coefficient (Wildman–Crippen LogP) is 1.80. The number of amides is 1. The van der Waals surface area contributed by atoms with Crippen LogP contribution in [0.3, 0.4) is 0 Å². The topological polar surface area (TPSA) is 63.2 Å². The Morgan fingerprint density at radius 1 is 1.53 bits per heavy atom. The van der Waals surface area contributed by atoms with Gasteiger partial charge in [-0.1, -0.05) is 0 Å². The summed E-state index contributed by atoms with van der Waals surface area (Å²) in [5, 5.41) is 2.38. The van der Waals surface area contributed by atoms with Crippen LogP contribution in [0.25, 0.3) is 0 Å². The van der Waals surface area contributed by atoms with Gasteiger partial charge in [0.1, 0.15) is 4.21 Å². The zero-order valence-corrected chi connectivity index (χ0v) is 11.6. The summed E-state index contributed by atoms with van der Waals surface area (Å²) in [7, 11) is -3.20. The van der Waals surface area contributed by atoms with E-state index in [0.29, 0.717) is 10.6 Å². The number of carbonyl (C=O) groups is 1. The minimum Gasteiger partial charge on any atom is -0.349 e. The van der Waals surface area contributed by atoms with E-state index in [-0.39, 0.29) is 11.9 Å². The predicted molar refractivity (Wildman–Crippen MR) is 66.9 cm³/mol. The molecule has 1 aromatic heterocycles. The Balaban J connectivity index is 2.53. The molecule has 6 heteroatoms. The van der Waals surface area contributed by atoms with Crippen LogP contribution in [0.4, 0.5) is 0 Å². The largest absolute Gasteiger partial charge is 0.349 e. The highest BCUT2D eigenvalue weighted by Gasteiger charge is 2.38. The van der Waals surface area contributed by atoms with Crippen molar-refractivity contribution >= 4 is 27.1 Å². The van der Waals surface area contributed by atoms with Gasteiger partial charge in [-0.3, -0.25) is 4.79 Å². The smallest absolute Gasteiger partial charge is 0.217 e. The molecular weight excluding hydrogens is 258 g/mol. The summed E-state index contributed by atoms with van der Waals surface area (Å²) in [6.07, 6.45) is 0.449. The maximum absolute atomic E-state index is 12.1. The first-order chi connectivity index (χ1) is 7.82. The van der Waals surface area contributed by atoms with Gasteiger partial charge < -0.3 is 5.32 Å². The minimum atomic E-state index is -3.20. The van der Waals surface area contributed by atoms with Crippen LogP contribution in [0.5, 0.6) is 0 Å². The van der Waals surface area contributed by atoms with Crippen molar-refractivity contribution in [2.75, 3.05) is 0 Å². The third-order valence-corrected chi connectivity index (χ3v) is 6.77. The molecule has 0 spiro atoms. The summed E-state index contributed by atoms with van der Waals surface area (Å²) in [5.74, 6) is -0.128. The molecule has 1 N–H and O–H groups in total. The number of hydrogen-bond donors (Lipinski definition) is 1. The van der Waals surface area contributed by atoms with E-state index in [1.165, 1.54) is 18.3 Å². The molecule has 4 nitrogen and oxygen atoms in total. The highest BCUT2D eigenvalue weighted by molar-refractivity contribution is 7.94. The Labute approximate surface area is 105 Å². The summed E-state index contributed by atoms with van der Waals surface area (Å²) in [4.78, 5) is 12.1. The Kier molecular flexibility index (Phi) is 3.03. The van der Waals surface area contributed by atoms with Crippen molar-refractivity contribution in [2.45, 2.75) is 42.7 Å². The van der Waals surface area contributed by atoms with Crippen molar-refractivity contribution in [3.8, 4) is 0 Å². The molecule has 0 fully saturated rings. The van der Waals surface area contributed by atoms with Crippen LogP contribution in [-0.4, -0.2) is 19.6 Å².